The van der Waals surface area contributed by atoms with Gasteiger partial charge in [0, 0.05) is 34.0 Å². The summed E-state index contributed by atoms with van der Waals surface area (Å²) in [5, 5.41) is 0.801. The zero-order chi connectivity index (χ0) is 26.2. The lowest BCUT2D eigenvalue weighted by atomic mass is 10.0. The van der Waals surface area contributed by atoms with Crippen LogP contribution in [0, 0.1) is 0 Å². The fraction of sp³-hybridized carbons (Fsp3) is 0.0385. The second kappa shape index (κ2) is 9.85. The van der Waals surface area contributed by atoms with E-state index in [-0.39, 0.29) is 37.8 Å². The molecule has 0 amide bonds. The molecule has 0 atom stereocenters. The highest BCUT2D eigenvalue weighted by Gasteiger charge is 2.22. The summed E-state index contributed by atoms with van der Waals surface area (Å²) in [6.45, 7) is 0.475. The lowest BCUT2D eigenvalue weighted by Gasteiger charge is -2.10. The maximum atomic E-state index is 13.6. The van der Waals surface area contributed by atoms with E-state index in [1.165, 1.54) is 36.7 Å². The summed E-state index contributed by atoms with van der Waals surface area (Å²) >= 11 is 11.9. The van der Waals surface area contributed by atoms with Crippen LogP contribution in [0.5, 0.6) is 0 Å². The number of hydrogen-bond donors (Lipinski definition) is 2. The summed E-state index contributed by atoms with van der Waals surface area (Å²) in [7, 11) is -4.01. The molecule has 0 aliphatic carbocycles. The third-order valence-corrected chi connectivity index (χ3v) is 7.44. The number of nitrogens with one attached hydrogen (secondary N) is 1. The molecule has 5 rings (SSSR count). The minimum absolute atomic E-state index is 0.101. The number of carbonyl (C=O) groups is 1. The molecule has 5 aromatic rings. The SMILES string of the molecule is Nc1ncnc2c1c(C(=O)c1cccc(NS(=O)(=O)c3cc(Cl)cc(Cl)c3)c1)cn2Cc1ccccc1. The number of fused-ring (bicyclic) bond motifs is 1. The first-order valence-electron chi connectivity index (χ1n) is 11.0. The van der Waals surface area contributed by atoms with Crippen LogP contribution in [-0.2, 0) is 16.6 Å². The number of nitrogens with two attached hydrogens (primary N) is 1. The predicted octanol–water partition coefficient (Wildman–Crippen LogP) is 5.40. The van der Waals surface area contributed by atoms with E-state index in [9.17, 15) is 13.2 Å². The second-order valence-electron chi connectivity index (χ2n) is 8.23. The Hall–Kier alpha value is -3.92. The lowest BCUT2D eigenvalue weighted by Crippen LogP contribution is -2.13. The van der Waals surface area contributed by atoms with Crippen molar-refractivity contribution >= 4 is 61.5 Å². The number of nitrogens with zero attached hydrogens (tertiary/aromatic N) is 3. The number of anilines is 2. The molecule has 0 saturated heterocycles. The Labute approximate surface area is 222 Å². The largest absolute Gasteiger partial charge is 0.383 e. The van der Waals surface area contributed by atoms with Crippen molar-refractivity contribution in [3.63, 3.8) is 0 Å². The van der Waals surface area contributed by atoms with Crippen molar-refractivity contribution in [2.24, 2.45) is 0 Å². The molecule has 3 N–H and O–H groups in total. The van der Waals surface area contributed by atoms with E-state index in [0.717, 1.165) is 5.56 Å². The van der Waals surface area contributed by atoms with Crippen LogP contribution in [0.15, 0.2) is 90.2 Å². The van der Waals surface area contributed by atoms with Crippen LogP contribution >= 0.6 is 23.2 Å². The van der Waals surface area contributed by atoms with Crippen molar-refractivity contribution in [3.05, 3.63) is 112 Å². The zero-order valence-electron chi connectivity index (χ0n) is 19.1. The summed E-state index contributed by atoms with van der Waals surface area (Å²) in [5.41, 5.74) is 8.46. The van der Waals surface area contributed by atoms with Crippen LogP contribution in [0.3, 0.4) is 0 Å². The van der Waals surface area contributed by atoms with Crippen molar-refractivity contribution < 1.29 is 13.2 Å². The number of carbonyl (C=O) groups excluding carboxylic acids is 1. The Kier molecular flexibility index (Phi) is 6.59. The monoisotopic (exact) mass is 551 g/mol. The first-order chi connectivity index (χ1) is 17.7. The molecule has 0 radical (unpaired) electrons. The van der Waals surface area contributed by atoms with Crippen LogP contribution < -0.4 is 10.5 Å². The smallest absolute Gasteiger partial charge is 0.261 e. The minimum atomic E-state index is -4.01. The van der Waals surface area contributed by atoms with E-state index in [1.54, 1.807) is 18.3 Å². The Bertz CT molecular complexity index is 1740. The third kappa shape index (κ3) is 5.15. The highest BCUT2D eigenvalue weighted by molar-refractivity contribution is 7.92. The highest BCUT2D eigenvalue weighted by atomic mass is 35.5. The molecule has 186 valence electrons. The highest BCUT2D eigenvalue weighted by Crippen LogP contribution is 2.29. The van der Waals surface area contributed by atoms with Gasteiger partial charge >= 0.3 is 0 Å². The van der Waals surface area contributed by atoms with Gasteiger partial charge in [0.15, 0.2) is 5.78 Å². The molecule has 2 aromatic heterocycles. The normalized spacial score (nSPS) is 11.5. The average Bonchev–Trinajstić information content (AvgIpc) is 3.23. The van der Waals surface area contributed by atoms with Gasteiger partial charge in [-0.25, -0.2) is 18.4 Å². The minimum Gasteiger partial charge on any atom is -0.383 e. The first-order valence-corrected chi connectivity index (χ1v) is 13.2. The Morgan fingerprint density at radius 2 is 1.68 bits per heavy atom. The van der Waals surface area contributed by atoms with Gasteiger partial charge in [-0.05, 0) is 35.9 Å². The third-order valence-electron chi connectivity index (χ3n) is 5.65. The summed E-state index contributed by atoms with van der Waals surface area (Å²) in [5.74, 6) is -0.181. The van der Waals surface area contributed by atoms with Crippen molar-refractivity contribution in [2.45, 2.75) is 11.4 Å². The fourth-order valence-electron chi connectivity index (χ4n) is 4.00. The molecule has 0 aliphatic heterocycles. The summed E-state index contributed by atoms with van der Waals surface area (Å²) in [6, 6.07) is 19.9. The summed E-state index contributed by atoms with van der Waals surface area (Å²) in [4.78, 5) is 21.9. The van der Waals surface area contributed by atoms with E-state index in [2.05, 4.69) is 14.7 Å². The second-order valence-corrected chi connectivity index (χ2v) is 10.8. The van der Waals surface area contributed by atoms with Crippen molar-refractivity contribution in [1.82, 2.24) is 14.5 Å². The van der Waals surface area contributed by atoms with Gasteiger partial charge in [-0.3, -0.25) is 9.52 Å². The number of aromatic nitrogens is 3. The molecule has 8 nitrogen and oxygen atoms in total. The van der Waals surface area contributed by atoms with Gasteiger partial charge in [0.1, 0.15) is 17.8 Å². The number of rotatable bonds is 7. The van der Waals surface area contributed by atoms with Gasteiger partial charge in [-0.2, -0.15) is 0 Å². The number of halogens is 2. The average molecular weight is 552 g/mol. The number of nitrogen functional groups attached to an aromatic ring is 1. The van der Waals surface area contributed by atoms with Crippen LogP contribution in [-0.4, -0.2) is 28.7 Å². The Balaban J connectivity index is 1.50. The molecule has 3 aromatic carbocycles. The van der Waals surface area contributed by atoms with E-state index in [1.807, 2.05) is 34.9 Å². The van der Waals surface area contributed by atoms with E-state index in [4.69, 9.17) is 28.9 Å². The summed E-state index contributed by atoms with van der Waals surface area (Å²) < 4.78 is 30.1. The molecule has 0 saturated carbocycles. The van der Waals surface area contributed by atoms with Crippen LogP contribution in [0.1, 0.15) is 21.5 Å². The van der Waals surface area contributed by atoms with Crippen LogP contribution in [0.25, 0.3) is 11.0 Å². The molecule has 0 aliphatic rings. The number of sulfonamides is 1. The first kappa shape index (κ1) is 24.8. The number of hydrogen-bond acceptors (Lipinski definition) is 6. The van der Waals surface area contributed by atoms with Gasteiger partial charge < -0.3 is 10.3 Å². The van der Waals surface area contributed by atoms with Gasteiger partial charge in [0.25, 0.3) is 10.0 Å². The maximum Gasteiger partial charge on any atom is 0.261 e. The van der Waals surface area contributed by atoms with Crippen LogP contribution in [0.2, 0.25) is 10.0 Å². The molecule has 2 heterocycles. The molecule has 0 fully saturated rings. The van der Waals surface area contributed by atoms with E-state index in [0.29, 0.717) is 23.1 Å². The summed E-state index contributed by atoms with van der Waals surface area (Å²) in [6.07, 6.45) is 3.04. The fourth-order valence-corrected chi connectivity index (χ4v) is 5.77. The van der Waals surface area contributed by atoms with Crippen molar-refractivity contribution in [3.8, 4) is 0 Å². The molecular formula is C26H19Cl2N5O3S. The van der Waals surface area contributed by atoms with Gasteiger partial charge in [-0.15, -0.1) is 0 Å². The molecule has 37 heavy (non-hydrogen) atoms. The molecular weight excluding hydrogens is 533 g/mol. The standard InChI is InChI=1S/C26H19Cl2N5O3S/c27-18-10-19(28)12-21(11-18)37(35,36)32-20-8-4-7-17(9-20)24(34)22-14-33(13-16-5-2-1-3-6-16)26-23(22)25(29)30-15-31-26/h1-12,14-15,32H,13H2,(H2,29,30,31). The molecule has 11 heteroatoms. The number of ketones is 1. The Morgan fingerprint density at radius 3 is 2.41 bits per heavy atom. The molecule has 0 bridgehead atoms. The van der Waals surface area contributed by atoms with Gasteiger partial charge in [0.05, 0.1) is 15.8 Å². The molecule has 0 unspecified atom stereocenters. The van der Waals surface area contributed by atoms with Crippen molar-refractivity contribution in [2.75, 3.05) is 10.5 Å². The maximum absolute atomic E-state index is 13.6. The number of benzene rings is 3. The van der Waals surface area contributed by atoms with Gasteiger partial charge in [-0.1, -0.05) is 65.7 Å². The van der Waals surface area contributed by atoms with E-state index < -0.39 is 10.0 Å². The molecule has 0 spiro atoms. The zero-order valence-corrected chi connectivity index (χ0v) is 21.4. The topological polar surface area (TPSA) is 120 Å². The van der Waals surface area contributed by atoms with E-state index >= 15 is 0 Å². The van der Waals surface area contributed by atoms with Crippen LogP contribution in [0.4, 0.5) is 11.5 Å². The quantitative estimate of drug-likeness (QED) is 0.261. The predicted molar refractivity (Wildman–Crippen MR) is 145 cm³/mol. The lowest BCUT2D eigenvalue weighted by molar-refractivity contribution is 0.104. The van der Waals surface area contributed by atoms with Gasteiger partial charge in [0.2, 0.25) is 0 Å². The Morgan fingerprint density at radius 1 is 0.946 bits per heavy atom. The van der Waals surface area contributed by atoms with Crippen molar-refractivity contribution in [1.29, 1.82) is 0 Å².